The van der Waals surface area contributed by atoms with Crippen LogP contribution >= 0.6 is 0 Å². The molecule has 0 unspecified atom stereocenters. The predicted molar refractivity (Wildman–Crippen MR) is 80.4 cm³/mol. The number of halogens is 1. The zero-order valence-electron chi connectivity index (χ0n) is 13.5. The monoisotopic (exact) mass is 311 g/mol. The lowest BCUT2D eigenvalue weighted by Crippen LogP contribution is -2.44. The summed E-state index contributed by atoms with van der Waals surface area (Å²) in [6, 6.07) is 1.54. The Kier molecular flexibility index (Phi) is 5.52. The molecule has 1 aromatic rings. The highest BCUT2D eigenvalue weighted by molar-refractivity contribution is 5.80. The van der Waals surface area contributed by atoms with E-state index in [9.17, 15) is 19.1 Å². The van der Waals surface area contributed by atoms with Gasteiger partial charge in [0.2, 0.25) is 0 Å². The van der Waals surface area contributed by atoms with Crippen LogP contribution in [0.2, 0.25) is 0 Å². The third-order valence-corrected chi connectivity index (χ3v) is 3.06. The molecule has 0 saturated carbocycles. The average molecular weight is 311 g/mol. The normalized spacial score (nSPS) is 12.6. The molecule has 1 atom stereocenters. The Hall–Kier alpha value is -2.11. The van der Waals surface area contributed by atoms with Crippen molar-refractivity contribution >= 4 is 12.1 Å². The highest BCUT2D eigenvalue weighted by Crippen LogP contribution is 2.18. The van der Waals surface area contributed by atoms with Gasteiger partial charge in [-0.05, 0) is 63.4 Å². The van der Waals surface area contributed by atoms with Gasteiger partial charge in [-0.15, -0.1) is 0 Å². The number of nitrogens with one attached hydrogen (secondary N) is 1. The molecule has 2 N–H and O–H groups in total. The minimum Gasteiger partial charge on any atom is -0.480 e. The van der Waals surface area contributed by atoms with Crippen LogP contribution in [0.25, 0.3) is 0 Å². The van der Waals surface area contributed by atoms with Crippen molar-refractivity contribution in [3.05, 3.63) is 34.6 Å². The maximum atomic E-state index is 13.3. The Balaban J connectivity index is 2.90. The molecule has 1 amide bonds. The van der Waals surface area contributed by atoms with E-state index in [4.69, 9.17) is 4.74 Å². The number of carbonyl (C=O) groups is 2. The van der Waals surface area contributed by atoms with Crippen LogP contribution in [0.3, 0.4) is 0 Å². The Labute approximate surface area is 129 Å². The topological polar surface area (TPSA) is 75.6 Å². The summed E-state index contributed by atoms with van der Waals surface area (Å²) >= 11 is 0. The van der Waals surface area contributed by atoms with Gasteiger partial charge in [0.15, 0.2) is 0 Å². The number of amides is 1. The first-order valence-corrected chi connectivity index (χ1v) is 6.97. The molecule has 122 valence electrons. The van der Waals surface area contributed by atoms with Gasteiger partial charge < -0.3 is 15.2 Å². The lowest BCUT2D eigenvalue weighted by molar-refractivity contribution is -0.139. The number of hydrogen-bond donors (Lipinski definition) is 2. The quantitative estimate of drug-likeness (QED) is 0.896. The van der Waals surface area contributed by atoms with E-state index in [1.165, 1.54) is 12.1 Å². The number of rotatable bonds is 4. The molecule has 0 aliphatic carbocycles. The van der Waals surface area contributed by atoms with Gasteiger partial charge in [-0.2, -0.15) is 0 Å². The number of alkyl carbamates (subject to hydrolysis) is 1. The Morgan fingerprint density at radius 3 is 2.18 bits per heavy atom. The van der Waals surface area contributed by atoms with Gasteiger partial charge >= 0.3 is 12.1 Å². The first-order valence-electron chi connectivity index (χ1n) is 6.97. The summed E-state index contributed by atoms with van der Waals surface area (Å²) in [6.07, 6.45) is -0.732. The number of aryl methyl sites for hydroxylation is 2. The maximum Gasteiger partial charge on any atom is 0.408 e. The highest BCUT2D eigenvalue weighted by Gasteiger charge is 2.25. The molecule has 1 aromatic carbocycles. The summed E-state index contributed by atoms with van der Waals surface area (Å²) in [7, 11) is 0. The standard InChI is InChI=1S/C16H22FNO4/c1-9-6-11(17)7-10(2)12(9)8-13(14(19)20)18-15(21)22-16(3,4)5/h6-7,13H,8H2,1-5H3,(H,18,21)(H,19,20)/t13-/m0/s1. The van der Waals surface area contributed by atoms with Crippen LogP contribution in [-0.4, -0.2) is 28.8 Å². The zero-order chi connectivity index (χ0) is 17.1. The Bertz CT molecular complexity index is 555. The van der Waals surface area contributed by atoms with Gasteiger partial charge in [0, 0.05) is 6.42 Å². The number of carboxylic acids is 1. The number of hydrogen-bond acceptors (Lipinski definition) is 3. The minimum absolute atomic E-state index is 0.0620. The van der Waals surface area contributed by atoms with E-state index in [0.29, 0.717) is 16.7 Å². The molecular weight excluding hydrogens is 289 g/mol. The van der Waals surface area contributed by atoms with Crippen molar-refractivity contribution < 1.29 is 23.8 Å². The van der Waals surface area contributed by atoms with Crippen LogP contribution in [0.1, 0.15) is 37.5 Å². The third-order valence-electron chi connectivity index (χ3n) is 3.06. The van der Waals surface area contributed by atoms with E-state index in [1.807, 2.05) is 0 Å². The fraction of sp³-hybridized carbons (Fsp3) is 0.500. The second-order valence-corrected chi connectivity index (χ2v) is 6.26. The second kappa shape index (κ2) is 6.77. The first kappa shape index (κ1) is 17.9. The van der Waals surface area contributed by atoms with E-state index in [2.05, 4.69) is 5.32 Å². The third kappa shape index (κ3) is 5.35. The van der Waals surface area contributed by atoms with E-state index in [0.717, 1.165) is 0 Å². The number of ether oxygens (including phenoxy) is 1. The minimum atomic E-state index is -1.17. The summed E-state index contributed by atoms with van der Waals surface area (Å²) in [5.74, 6) is -1.54. The lowest BCUT2D eigenvalue weighted by Gasteiger charge is -2.22. The molecule has 6 heteroatoms. The second-order valence-electron chi connectivity index (χ2n) is 6.26. The fourth-order valence-corrected chi connectivity index (χ4v) is 2.12. The van der Waals surface area contributed by atoms with Crippen LogP contribution in [0, 0.1) is 19.7 Å². The smallest absolute Gasteiger partial charge is 0.408 e. The van der Waals surface area contributed by atoms with Gasteiger partial charge in [0.05, 0.1) is 0 Å². The lowest BCUT2D eigenvalue weighted by atomic mass is 9.96. The van der Waals surface area contributed by atoms with E-state index < -0.39 is 23.7 Å². The Morgan fingerprint density at radius 1 is 1.27 bits per heavy atom. The molecule has 0 heterocycles. The van der Waals surface area contributed by atoms with Gasteiger partial charge in [0.1, 0.15) is 17.5 Å². The number of benzene rings is 1. The fourth-order valence-electron chi connectivity index (χ4n) is 2.12. The van der Waals surface area contributed by atoms with Crippen molar-refractivity contribution in [3.8, 4) is 0 Å². The summed E-state index contributed by atoms with van der Waals surface area (Å²) < 4.78 is 18.4. The first-order chi connectivity index (χ1) is 9.99. The average Bonchev–Trinajstić information content (AvgIpc) is 2.29. The number of aliphatic carboxylic acids is 1. The molecule has 0 saturated heterocycles. The molecule has 22 heavy (non-hydrogen) atoms. The van der Waals surface area contributed by atoms with Crippen molar-refractivity contribution in [1.82, 2.24) is 5.32 Å². The number of carboxylic acid groups (broad SMARTS) is 1. The van der Waals surface area contributed by atoms with E-state index in [-0.39, 0.29) is 12.2 Å². The van der Waals surface area contributed by atoms with Crippen molar-refractivity contribution in [2.24, 2.45) is 0 Å². The van der Waals surface area contributed by atoms with Crippen LogP contribution in [-0.2, 0) is 16.0 Å². The van der Waals surface area contributed by atoms with Gasteiger partial charge in [-0.3, -0.25) is 0 Å². The van der Waals surface area contributed by atoms with Crippen LogP contribution in [0.4, 0.5) is 9.18 Å². The molecule has 0 bridgehead atoms. The van der Waals surface area contributed by atoms with Crippen LogP contribution in [0.5, 0.6) is 0 Å². The van der Waals surface area contributed by atoms with Crippen LogP contribution < -0.4 is 5.32 Å². The molecule has 0 fully saturated rings. The van der Waals surface area contributed by atoms with Gasteiger partial charge in [-0.25, -0.2) is 14.0 Å². The number of carbonyl (C=O) groups excluding carboxylic acids is 1. The van der Waals surface area contributed by atoms with Crippen LogP contribution in [0.15, 0.2) is 12.1 Å². The summed E-state index contributed by atoms with van der Waals surface area (Å²) in [5.41, 5.74) is 1.28. The summed E-state index contributed by atoms with van der Waals surface area (Å²) in [5, 5.41) is 11.6. The molecule has 0 spiro atoms. The summed E-state index contributed by atoms with van der Waals surface area (Å²) in [6.45, 7) is 8.49. The molecule has 0 aliphatic heterocycles. The van der Waals surface area contributed by atoms with Crippen molar-refractivity contribution in [2.45, 2.75) is 52.7 Å². The zero-order valence-corrected chi connectivity index (χ0v) is 13.5. The molecule has 0 aliphatic rings. The van der Waals surface area contributed by atoms with Crippen molar-refractivity contribution in [2.75, 3.05) is 0 Å². The van der Waals surface area contributed by atoms with Gasteiger partial charge in [0.25, 0.3) is 0 Å². The van der Waals surface area contributed by atoms with Crippen molar-refractivity contribution in [3.63, 3.8) is 0 Å². The molecule has 0 radical (unpaired) electrons. The Morgan fingerprint density at radius 2 is 1.77 bits per heavy atom. The molecule has 1 rings (SSSR count). The molecule has 5 nitrogen and oxygen atoms in total. The maximum absolute atomic E-state index is 13.3. The van der Waals surface area contributed by atoms with E-state index in [1.54, 1.807) is 34.6 Å². The van der Waals surface area contributed by atoms with Gasteiger partial charge in [-0.1, -0.05) is 0 Å². The van der Waals surface area contributed by atoms with E-state index >= 15 is 0 Å². The molecule has 0 aromatic heterocycles. The highest BCUT2D eigenvalue weighted by atomic mass is 19.1. The predicted octanol–water partition coefficient (Wildman–Crippen LogP) is 2.96. The SMILES string of the molecule is Cc1cc(F)cc(C)c1C[C@H](NC(=O)OC(C)(C)C)C(=O)O. The largest absolute Gasteiger partial charge is 0.480 e. The molecular formula is C16H22FNO4. The summed E-state index contributed by atoms with van der Waals surface area (Å²) in [4.78, 5) is 23.1. The van der Waals surface area contributed by atoms with Crippen molar-refractivity contribution in [1.29, 1.82) is 0 Å².